The number of aliphatic hydroxyl groups is 1. The van der Waals surface area contributed by atoms with E-state index in [2.05, 4.69) is 5.32 Å². The second kappa shape index (κ2) is 5.61. The number of aliphatic hydroxyl groups excluding tert-OH is 1. The van der Waals surface area contributed by atoms with Crippen LogP contribution in [0.2, 0.25) is 0 Å². The van der Waals surface area contributed by atoms with E-state index in [0.29, 0.717) is 25.8 Å². The minimum atomic E-state index is -0.717. The van der Waals surface area contributed by atoms with Gasteiger partial charge in [0.2, 0.25) is 0 Å². The summed E-state index contributed by atoms with van der Waals surface area (Å²) in [5.74, 6) is 0. The predicted molar refractivity (Wildman–Crippen MR) is 66.7 cm³/mol. The molecule has 0 spiro atoms. The molecule has 3 heteroatoms. The molecule has 2 nitrogen and oxygen atoms in total. The molecule has 0 amide bonds. The first-order valence-corrected chi connectivity index (χ1v) is 6.28. The molecule has 0 saturated carbocycles. The summed E-state index contributed by atoms with van der Waals surface area (Å²) in [5, 5.41) is 13.4. The number of rotatable bonds is 3. The number of benzene rings is 1. The van der Waals surface area contributed by atoms with Crippen LogP contribution in [-0.2, 0) is 0 Å². The van der Waals surface area contributed by atoms with Gasteiger partial charge in [-0.25, -0.2) is 4.39 Å². The summed E-state index contributed by atoms with van der Waals surface area (Å²) in [6.07, 6.45) is 0.481. The summed E-state index contributed by atoms with van der Waals surface area (Å²) >= 11 is 0. The number of piperidine rings is 1. The molecular weight excluding hydrogens is 217 g/mol. The van der Waals surface area contributed by atoms with Crippen molar-refractivity contribution in [3.63, 3.8) is 0 Å². The highest BCUT2D eigenvalue weighted by atomic mass is 19.1. The molecule has 0 radical (unpaired) electrons. The average molecular weight is 237 g/mol. The van der Waals surface area contributed by atoms with Crippen molar-refractivity contribution in [1.29, 1.82) is 0 Å². The molecule has 2 N–H and O–H groups in total. The Balaban J connectivity index is 1.97. The van der Waals surface area contributed by atoms with Crippen LogP contribution in [0.25, 0.3) is 0 Å². The number of alkyl halides is 1. The van der Waals surface area contributed by atoms with E-state index >= 15 is 0 Å². The zero-order valence-corrected chi connectivity index (χ0v) is 10.2. The number of hydrogen-bond donors (Lipinski definition) is 2. The Hall–Kier alpha value is -0.930. The summed E-state index contributed by atoms with van der Waals surface area (Å²) in [6.45, 7) is 2.71. The van der Waals surface area contributed by atoms with E-state index in [9.17, 15) is 9.50 Å². The molecule has 17 heavy (non-hydrogen) atoms. The molecule has 2 rings (SSSR count). The molecule has 1 saturated heterocycles. The highest BCUT2D eigenvalue weighted by Crippen LogP contribution is 2.25. The molecule has 0 bridgehead atoms. The summed E-state index contributed by atoms with van der Waals surface area (Å²) in [6, 6.07) is 7.91. The van der Waals surface area contributed by atoms with Crippen molar-refractivity contribution in [2.75, 3.05) is 6.54 Å². The van der Waals surface area contributed by atoms with Gasteiger partial charge in [-0.1, -0.05) is 24.3 Å². The number of nitrogens with one attached hydrogen (secondary N) is 1. The van der Waals surface area contributed by atoms with Gasteiger partial charge in [-0.2, -0.15) is 0 Å². The van der Waals surface area contributed by atoms with E-state index < -0.39 is 12.3 Å². The number of aryl methyl sites for hydroxylation is 1. The Bertz CT molecular complexity index is 369. The molecule has 1 aliphatic rings. The highest BCUT2D eigenvalue weighted by Gasteiger charge is 2.24. The maximum absolute atomic E-state index is 13.2. The largest absolute Gasteiger partial charge is 0.388 e. The average Bonchev–Trinajstić information content (AvgIpc) is 2.29. The second-order valence-electron chi connectivity index (χ2n) is 4.88. The minimum Gasteiger partial charge on any atom is -0.388 e. The Morgan fingerprint density at radius 1 is 1.47 bits per heavy atom. The van der Waals surface area contributed by atoms with Crippen LogP contribution in [0.1, 0.15) is 36.5 Å². The molecule has 1 heterocycles. The monoisotopic (exact) mass is 237 g/mol. The van der Waals surface area contributed by atoms with Crippen molar-refractivity contribution in [3.05, 3.63) is 35.4 Å². The fraction of sp³-hybridized carbons (Fsp3) is 0.571. The fourth-order valence-electron chi connectivity index (χ4n) is 2.49. The van der Waals surface area contributed by atoms with E-state index in [0.717, 1.165) is 11.1 Å². The van der Waals surface area contributed by atoms with E-state index in [-0.39, 0.29) is 6.04 Å². The van der Waals surface area contributed by atoms with Gasteiger partial charge in [0.15, 0.2) is 0 Å². The van der Waals surface area contributed by atoms with Crippen LogP contribution in [0, 0.1) is 6.92 Å². The van der Waals surface area contributed by atoms with Crippen LogP contribution in [0.3, 0.4) is 0 Å². The van der Waals surface area contributed by atoms with Gasteiger partial charge in [0.1, 0.15) is 6.17 Å². The Morgan fingerprint density at radius 3 is 2.94 bits per heavy atom. The normalized spacial score (nSPS) is 26.8. The van der Waals surface area contributed by atoms with Crippen LogP contribution in [0.15, 0.2) is 24.3 Å². The third-order valence-corrected chi connectivity index (χ3v) is 3.49. The molecule has 0 aliphatic carbocycles. The summed E-state index contributed by atoms with van der Waals surface area (Å²) < 4.78 is 13.2. The molecule has 1 aromatic carbocycles. The first-order valence-electron chi connectivity index (χ1n) is 6.28. The van der Waals surface area contributed by atoms with Crippen molar-refractivity contribution < 1.29 is 9.50 Å². The Labute approximate surface area is 102 Å². The van der Waals surface area contributed by atoms with E-state index in [1.165, 1.54) is 0 Å². The highest BCUT2D eigenvalue weighted by molar-refractivity contribution is 5.27. The molecule has 1 fully saturated rings. The maximum Gasteiger partial charge on any atom is 0.103 e. The van der Waals surface area contributed by atoms with Crippen LogP contribution in [0.5, 0.6) is 0 Å². The summed E-state index contributed by atoms with van der Waals surface area (Å²) in [5.41, 5.74) is 2.04. The second-order valence-corrected chi connectivity index (χ2v) is 4.88. The van der Waals surface area contributed by atoms with Gasteiger partial charge in [0.25, 0.3) is 0 Å². The zero-order chi connectivity index (χ0) is 12.3. The number of halogens is 1. The smallest absolute Gasteiger partial charge is 0.103 e. The van der Waals surface area contributed by atoms with Crippen molar-refractivity contribution in [3.8, 4) is 0 Å². The van der Waals surface area contributed by atoms with Gasteiger partial charge in [-0.15, -0.1) is 0 Å². The van der Waals surface area contributed by atoms with Gasteiger partial charge in [-0.05, 0) is 43.9 Å². The van der Waals surface area contributed by atoms with Gasteiger partial charge < -0.3 is 10.4 Å². The molecule has 3 atom stereocenters. The standard InChI is InChI=1S/C14H20FNO/c1-10-4-2-3-5-13(10)14(17)9-12-8-11(15)6-7-16-12/h2-5,11-12,14,16-17H,6-9H2,1H3/t11-,12+,14-/m0/s1. The number of hydrogen-bond acceptors (Lipinski definition) is 2. The van der Waals surface area contributed by atoms with Gasteiger partial charge in [0, 0.05) is 6.04 Å². The molecule has 0 aromatic heterocycles. The van der Waals surface area contributed by atoms with Crippen LogP contribution >= 0.6 is 0 Å². The lowest BCUT2D eigenvalue weighted by Crippen LogP contribution is -2.39. The van der Waals surface area contributed by atoms with Gasteiger partial charge in [-0.3, -0.25) is 0 Å². The fourth-order valence-corrected chi connectivity index (χ4v) is 2.49. The lowest BCUT2D eigenvalue weighted by molar-refractivity contribution is 0.127. The third-order valence-electron chi connectivity index (χ3n) is 3.49. The summed E-state index contributed by atoms with van der Waals surface area (Å²) in [4.78, 5) is 0. The quantitative estimate of drug-likeness (QED) is 0.846. The molecule has 1 aliphatic heterocycles. The van der Waals surface area contributed by atoms with Crippen molar-refractivity contribution in [2.24, 2.45) is 0 Å². The third kappa shape index (κ3) is 3.27. The van der Waals surface area contributed by atoms with E-state index in [4.69, 9.17) is 0 Å². The SMILES string of the molecule is Cc1ccccc1[C@@H](O)C[C@H]1C[C@@H](F)CCN1. The van der Waals surface area contributed by atoms with Gasteiger partial charge in [0.05, 0.1) is 6.10 Å². The zero-order valence-electron chi connectivity index (χ0n) is 10.2. The van der Waals surface area contributed by atoms with Gasteiger partial charge >= 0.3 is 0 Å². The molecule has 94 valence electrons. The van der Waals surface area contributed by atoms with Crippen LogP contribution in [0.4, 0.5) is 4.39 Å². The maximum atomic E-state index is 13.2. The lowest BCUT2D eigenvalue weighted by atomic mass is 9.93. The Kier molecular flexibility index (Phi) is 4.13. The first kappa shape index (κ1) is 12.5. The molecular formula is C14H20FNO. The van der Waals surface area contributed by atoms with Crippen molar-refractivity contribution in [1.82, 2.24) is 5.32 Å². The summed E-state index contributed by atoms with van der Waals surface area (Å²) in [7, 11) is 0. The Morgan fingerprint density at radius 2 is 2.24 bits per heavy atom. The van der Waals surface area contributed by atoms with Crippen molar-refractivity contribution >= 4 is 0 Å². The van der Waals surface area contributed by atoms with E-state index in [1.807, 2.05) is 31.2 Å². The lowest BCUT2D eigenvalue weighted by Gasteiger charge is -2.28. The van der Waals surface area contributed by atoms with Crippen LogP contribution in [-0.4, -0.2) is 23.9 Å². The minimum absolute atomic E-state index is 0.0911. The topological polar surface area (TPSA) is 32.3 Å². The molecule has 0 unspecified atom stereocenters. The van der Waals surface area contributed by atoms with E-state index in [1.54, 1.807) is 0 Å². The van der Waals surface area contributed by atoms with Crippen LogP contribution < -0.4 is 5.32 Å². The van der Waals surface area contributed by atoms with Crippen molar-refractivity contribution in [2.45, 2.75) is 44.5 Å². The molecule has 1 aromatic rings. The first-order chi connectivity index (χ1) is 8.16. The predicted octanol–water partition coefficient (Wildman–Crippen LogP) is 2.51.